The molecule has 1 aliphatic heterocycles. The first-order valence-electron chi connectivity index (χ1n) is 9.17. The Bertz CT molecular complexity index is 335. The highest BCUT2D eigenvalue weighted by atomic mass is 32.2. The summed E-state index contributed by atoms with van der Waals surface area (Å²) in [6.45, 7) is 8.35. The number of hydrogen-bond donors (Lipinski definition) is 1. The van der Waals surface area contributed by atoms with Gasteiger partial charge >= 0.3 is 0 Å². The standard InChI is InChI=1S/C18H33NS2/c1-4-7-19-17(18-11-20-12(2)13(3)21-18)10-16-9-14-5-6-15(16)8-14/h12-19H,4-11H2,1-3H3. The van der Waals surface area contributed by atoms with Gasteiger partial charge in [-0.3, -0.25) is 0 Å². The summed E-state index contributed by atoms with van der Waals surface area (Å²) in [6, 6.07) is 0.766. The monoisotopic (exact) mass is 327 g/mol. The van der Waals surface area contributed by atoms with Crippen LogP contribution < -0.4 is 5.32 Å². The van der Waals surface area contributed by atoms with Gasteiger partial charge in [0.15, 0.2) is 0 Å². The summed E-state index contributed by atoms with van der Waals surface area (Å²) in [6.07, 6.45) is 8.91. The molecule has 0 amide bonds. The molecule has 1 N–H and O–H groups in total. The molecule has 1 heterocycles. The molecule has 0 spiro atoms. The second-order valence-corrected chi connectivity index (χ2v) is 10.7. The van der Waals surface area contributed by atoms with Crippen molar-refractivity contribution in [3.8, 4) is 0 Å². The third kappa shape index (κ3) is 3.95. The molecule has 2 aliphatic carbocycles. The van der Waals surface area contributed by atoms with Crippen LogP contribution in [0.2, 0.25) is 0 Å². The number of nitrogens with one attached hydrogen (secondary N) is 1. The molecule has 3 heteroatoms. The number of thioether (sulfide) groups is 2. The second-order valence-electron chi connectivity index (χ2n) is 7.65. The van der Waals surface area contributed by atoms with Crippen LogP contribution in [0.5, 0.6) is 0 Å². The lowest BCUT2D eigenvalue weighted by atomic mass is 9.83. The largest absolute Gasteiger partial charge is 0.313 e. The zero-order chi connectivity index (χ0) is 14.8. The molecular formula is C18H33NS2. The maximum Gasteiger partial charge on any atom is 0.0294 e. The van der Waals surface area contributed by atoms with E-state index in [0.717, 1.165) is 39.5 Å². The zero-order valence-electron chi connectivity index (χ0n) is 14.0. The fourth-order valence-electron chi connectivity index (χ4n) is 4.71. The van der Waals surface area contributed by atoms with E-state index in [1.165, 1.54) is 38.0 Å². The Kier molecular flexibility index (Phi) is 5.89. The van der Waals surface area contributed by atoms with Crippen LogP contribution in [-0.2, 0) is 0 Å². The van der Waals surface area contributed by atoms with Gasteiger partial charge in [0.2, 0.25) is 0 Å². The highest BCUT2D eigenvalue weighted by Gasteiger charge is 2.41. The van der Waals surface area contributed by atoms with Crippen LogP contribution in [-0.4, -0.2) is 34.1 Å². The molecule has 122 valence electrons. The molecule has 3 aliphatic rings. The van der Waals surface area contributed by atoms with Crippen LogP contribution in [0.3, 0.4) is 0 Å². The first kappa shape index (κ1) is 16.5. The normalized spacial score (nSPS) is 44.1. The average Bonchev–Trinajstić information content (AvgIpc) is 3.09. The minimum absolute atomic E-state index is 0.766. The predicted octanol–water partition coefficient (Wildman–Crippen LogP) is 4.81. The van der Waals surface area contributed by atoms with E-state index in [4.69, 9.17) is 0 Å². The second kappa shape index (κ2) is 7.49. The fraction of sp³-hybridized carbons (Fsp3) is 1.00. The van der Waals surface area contributed by atoms with Crippen molar-refractivity contribution in [3.63, 3.8) is 0 Å². The quantitative estimate of drug-likeness (QED) is 0.752. The Morgan fingerprint density at radius 1 is 1.14 bits per heavy atom. The summed E-state index contributed by atoms with van der Waals surface area (Å²) in [5, 5.41) is 6.42. The predicted molar refractivity (Wildman–Crippen MR) is 98.4 cm³/mol. The van der Waals surface area contributed by atoms with Gasteiger partial charge in [0.05, 0.1) is 0 Å². The van der Waals surface area contributed by atoms with E-state index < -0.39 is 0 Å². The Balaban J connectivity index is 1.58. The molecule has 0 aromatic carbocycles. The van der Waals surface area contributed by atoms with E-state index in [9.17, 15) is 0 Å². The van der Waals surface area contributed by atoms with E-state index in [2.05, 4.69) is 49.6 Å². The minimum atomic E-state index is 0.766. The van der Waals surface area contributed by atoms with Gasteiger partial charge in [-0.2, -0.15) is 23.5 Å². The summed E-state index contributed by atoms with van der Waals surface area (Å²) in [5.41, 5.74) is 0. The Morgan fingerprint density at radius 2 is 2.00 bits per heavy atom. The van der Waals surface area contributed by atoms with Crippen molar-refractivity contribution in [2.45, 2.75) is 81.1 Å². The van der Waals surface area contributed by atoms with Gasteiger partial charge in [0.25, 0.3) is 0 Å². The molecule has 21 heavy (non-hydrogen) atoms. The van der Waals surface area contributed by atoms with Crippen LogP contribution in [0, 0.1) is 17.8 Å². The average molecular weight is 328 g/mol. The smallest absolute Gasteiger partial charge is 0.0294 e. The minimum Gasteiger partial charge on any atom is -0.313 e. The maximum absolute atomic E-state index is 3.93. The van der Waals surface area contributed by atoms with Crippen LogP contribution in [0.25, 0.3) is 0 Å². The summed E-state index contributed by atoms with van der Waals surface area (Å²) in [5.74, 6) is 4.58. The van der Waals surface area contributed by atoms with E-state index in [0.29, 0.717) is 0 Å². The summed E-state index contributed by atoms with van der Waals surface area (Å²) >= 11 is 4.48. The molecule has 2 saturated carbocycles. The summed E-state index contributed by atoms with van der Waals surface area (Å²) in [4.78, 5) is 0. The van der Waals surface area contributed by atoms with Crippen LogP contribution >= 0.6 is 23.5 Å². The lowest BCUT2D eigenvalue weighted by Crippen LogP contribution is -2.45. The molecule has 1 saturated heterocycles. The molecule has 7 atom stereocenters. The third-order valence-corrected chi connectivity index (χ3v) is 9.67. The zero-order valence-corrected chi connectivity index (χ0v) is 15.6. The number of rotatable bonds is 6. The van der Waals surface area contributed by atoms with Crippen LogP contribution in [0.15, 0.2) is 0 Å². The van der Waals surface area contributed by atoms with Gasteiger partial charge in [-0.1, -0.05) is 27.2 Å². The Hall–Kier alpha value is 0.660. The van der Waals surface area contributed by atoms with Crippen molar-refractivity contribution in [2.75, 3.05) is 12.3 Å². The van der Waals surface area contributed by atoms with Crippen molar-refractivity contribution >= 4 is 23.5 Å². The van der Waals surface area contributed by atoms with Crippen molar-refractivity contribution in [1.82, 2.24) is 5.32 Å². The molecule has 3 fully saturated rings. The molecule has 1 nitrogen and oxygen atoms in total. The van der Waals surface area contributed by atoms with Crippen molar-refractivity contribution in [2.24, 2.45) is 17.8 Å². The topological polar surface area (TPSA) is 12.0 Å². The fourth-order valence-corrected chi connectivity index (χ4v) is 7.85. The van der Waals surface area contributed by atoms with Crippen molar-refractivity contribution in [1.29, 1.82) is 0 Å². The Labute approximate surface area is 140 Å². The highest BCUT2D eigenvalue weighted by molar-refractivity contribution is 8.07. The SMILES string of the molecule is CCCNC(CC1CC2CCC1C2)C1CSC(C)C(C)S1. The van der Waals surface area contributed by atoms with Crippen LogP contribution in [0.1, 0.15) is 59.3 Å². The summed E-state index contributed by atoms with van der Waals surface area (Å²) < 4.78 is 0. The number of fused-ring (bicyclic) bond motifs is 2. The number of hydrogen-bond acceptors (Lipinski definition) is 3. The molecular weight excluding hydrogens is 294 g/mol. The maximum atomic E-state index is 3.93. The highest BCUT2D eigenvalue weighted by Crippen LogP contribution is 2.50. The van der Waals surface area contributed by atoms with Gasteiger partial charge in [-0.25, -0.2) is 0 Å². The first-order valence-corrected chi connectivity index (χ1v) is 11.2. The van der Waals surface area contributed by atoms with E-state index in [-0.39, 0.29) is 0 Å². The lowest BCUT2D eigenvalue weighted by molar-refractivity contribution is 0.277. The van der Waals surface area contributed by atoms with Gasteiger partial charge < -0.3 is 5.32 Å². The molecule has 2 bridgehead atoms. The lowest BCUT2D eigenvalue weighted by Gasteiger charge is -2.38. The molecule has 0 radical (unpaired) electrons. The third-order valence-electron chi connectivity index (χ3n) is 6.12. The first-order chi connectivity index (χ1) is 10.2. The van der Waals surface area contributed by atoms with Crippen molar-refractivity contribution in [3.05, 3.63) is 0 Å². The molecule has 0 aromatic heterocycles. The van der Waals surface area contributed by atoms with Crippen molar-refractivity contribution < 1.29 is 0 Å². The van der Waals surface area contributed by atoms with Gasteiger partial charge in [0.1, 0.15) is 0 Å². The molecule has 3 rings (SSSR count). The molecule has 7 unspecified atom stereocenters. The van der Waals surface area contributed by atoms with E-state index >= 15 is 0 Å². The van der Waals surface area contributed by atoms with Crippen LogP contribution in [0.4, 0.5) is 0 Å². The van der Waals surface area contributed by atoms with Gasteiger partial charge in [-0.05, 0) is 56.4 Å². The summed E-state index contributed by atoms with van der Waals surface area (Å²) in [7, 11) is 0. The Morgan fingerprint density at radius 3 is 2.62 bits per heavy atom. The van der Waals surface area contributed by atoms with Gasteiger partial charge in [-0.15, -0.1) is 0 Å². The molecule has 0 aromatic rings. The van der Waals surface area contributed by atoms with Gasteiger partial charge in [0, 0.05) is 27.5 Å². The van der Waals surface area contributed by atoms with E-state index in [1.807, 2.05) is 0 Å². The van der Waals surface area contributed by atoms with E-state index in [1.54, 1.807) is 12.8 Å².